The Kier molecular flexibility index (Phi) is 7.95. The molecule has 1 aromatic carbocycles. The van der Waals surface area contributed by atoms with E-state index in [0.29, 0.717) is 12.5 Å². The van der Waals surface area contributed by atoms with E-state index in [2.05, 4.69) is 58.0 Å². The van der Waals surface area contributed by atoms with Crippen molar-refractivity contribution in [2.75, 3.05) is 57.4 Å². The Balaban J connectivity index is 1.44. The zero-order chi connectivity index (χ0) is 21.3. The summed E-state index contributed by atoms with van der Waals surface area (Å²) < 4.78 is 5.49. The number of aromatic nitrogens is 1. The van der Waals surface area contributed by atoms with Gasteiger partial charge in [-0.15, -0.1) is 0 Å². The van der Waals surface area contributed by atoms with Crippen molar-refractivity contribution < 1.29 is 9.84 Å². The van der Waals surface area contributed by atoms with Crippen LogP contribution in [0, 0.1) is 17.8 Å². The highest BCUT2D eigenvalue weighted by atomic mass is 16.5. The van der Waals surface area contributed by atoms with Gasteiger partial charge in [-0.2, -0.15) is 0 Å². The Morgan fingerprint density at radius 3 is 2.58 bits per heavy atom. The summed E-state index contributed by atoms with van der Waals surface area (Å²) in [6.45, 7) is 6.75. The Hall–Kier alpha value is -2.39. The number of aliphatic hydroxyl groups is 1. The zero-order valence-electron chi connectivity index (χ0n) is 18.3. The maximum absolute atomic E-state index is 9.30. The SMILES string of the molecule is OCC1CCN(CCC#Cc2cnc(N3CCOCC3)cc2Cc2ccccc2)CC1. The molecule has 3 heterocycles. The van der Waals surface area contributed by atoms with Crippen LogP contribution >= 0.6 is 0 Å². The van der Waals surface area contributed by atoms with Gasteiger partial charge in [0.25, 0.3) is 0 Å². The first-order valence-electron chi connectivity index (χ1n) is 11.5. The van der Waals surface area contributed by atoms with Gasteiger partial charge in [-0.3, -0.25) is 0 Å². The van der Waals surface area contributed by atoms with E-state index in [4.69, 9.17) is 9.72 Å². The third-order valence-corrected chi connectivity index (χ3v) is 6.29. The first-order valence-corrected chi connectivity index (χ1v) is 11.5. The third kappa shape index (κ3) is 6.30. The van der Waals surface area contributed by atoms with Crippen LogP contribution in [0.4, 0.5) is 5.82 Å². The van der Waals surface area contributed by atoms with Crippen molar-refractivity contribution >= 4 is 5.82 Å². The monoisotopic (exact) mass is 419 g/mol. The Morgan fingerprint density at radius 2 is 1.84 bits per heavy atom. The first kappa shape index (κ1) is 21.8. The van der Waals surface area contributed by atoms with Crippen molar-refractivity contribution in [1.29, 1.82) is 0 Å². The fourth-order valence-corrected chi connectivity index (χ4v) is 4.29. The van der Waals surface area contributed by atoms with Crippen LogP contribution in [-0.4, -0.2) is 67.5 Å². The van der Waals surface area contributed by atoms with Crippen molar-refractivity contribution in [2.45, 2.75) is 25.7 Å². The summed E-state index contributed by atoms with van der Waals surface area (Å²) in [6.07, 6.45) is 5.86. The summed E-state index contributed by atoms with van der Waals surface area (Å²) in [5, 5.41) is 9.30. The van der Waals surface area contributed by atoms with Gasteiger partial charge < -0.3 is 19.6 Å². The predicted octanol–water partition coefficient (Wildman–Crippen LogP) is 2.95. The molecule has 0 bridgehead atoms. The Labute approximate surface area is 186 Å². The molecule has 0 unspecified atom stereocenters. The topological polar surface area (TPSA) is 48.8 Å². The number of hydrogen-bond donors (Lipinski definition) is 1. The van der Waals surface area contributed by atoms with Gasteiger partial charge in [-0.1, -0.05) is 42.2 Å². The van der Waals surface area contributed by atoms with E-state index in [-0.39, 0.29) is 0 Å². The van der Waals surface area contributed by atoms with E-state index in [0.717, 1.165) is 83.0 Å². The van der Waals surface area contributed by atoms with Gasteiger partial charge >= 0.3 is 0 Å². The normalized spacial score (nSPS) is 17.9. The molecule has 1 aromatic heterocycles. The summed E-state index contributed by atoms with van der Waals surface area (Å²) in [5.41, 5.74) is 3.55. The van der Waals surface area contributed by atoms with E-state index in [1.807, 2.05) is 6.20 Å². The number of rotatable bonds is 6. The molecule has 2 aromatic rings. The van der Waals surface area contributed by atoms with E-state index in [1.165, 1.54) is 11.1 Å². The zero-order valence-corrected chi connectivity index (χ0v) is 18.3. The van der Waals surface area contributed by atoms with Gasteiger partial charge in [0.1, 0.15) is 5.82 Å². The molecule has 4 rings (SSSR count). The fourth-order valence-electron chi connectivity index (χ4n) is 4.29. The molecule has 31 heavy (non-hydrogen) atoms. The maximum Gasteiger partial charge on any atom is 0.129 e. The van der Waals surface area contributed by atoms with Gasteiger partial charge in [0.05, 0.1) is 13.2 Å². The summed E-state index contributed by atoms with van der Waals surface area (Å²) in [4.78, 5) is 9.49. The van der Waals surface area contributed by atoms with Gasteiger partial charge in [-0.25, -0.2) is 4.98 Å². The fraction of sp³-hybridized carbons (Fsp3) is 0.500. The number of likely N-dealkylation sites (tertiary alicyclic amines) is 1. The molecular formula is C26H33N3O2. The van der Waals surface area contributed by atoms with Crippen molar-refractivity contribution in [1.82, 2.24) is 9.88 Å². The van der Waals surface area contributed by atoms with Gasteiger partial charge in [-0.05, 0) is 55.5 Å². The number of ether oxygens (including phenoxy) is 1. The molecule has 5 heteroatoms. The molecule has 0 amide bonds. The molecule has 2 aliphatic heterocycles. The molecule has 0 radical (unpaired) electrons. The lowest BCUT2D eigenvalue weighted by Gasteiger charge is -2.30. The number of hydrogen-bond acceptors (Lipinski definition) is 5. The van der Waals surface area contributed by atoms with Gasteiger partial charge in [0, 0.05) is 44.4 Å². The summed E-state index contributed by atoms with van der Waals surface area (Å²) in [7, 11) is 0. The third-order valence-electron chi connectivity index (χ3n) is 6.29. The number of benzene rings is 1. The second-order valence-electron chi connectivity index (χ2n) is 8.48. The lowest BCUT2D eigenvalue weighted by Crippen LogP contribution is -2.36. The number of aliphatic hydroxyl groups excluding tert-OH is 1. The lowest BCUT2D eigenvalue weighted by molar-refractivity contribution is 0.122. The van der Waals surface area contributed by atoms with Crippen LogP contribution in [0.2, 0.25) is 0 Å². The van der Waals surface area contributed by atoms with E-state index < -0.39 is 0 Å². The highest BCUT2D eigenvalue weighted by molar-refractivity contribution is 5.50. The van der Waals surface area contributed by atoms with Crippen molar-refractivity contribution in [3.63, 3.8) is 0 Å². The molecule has 0 spiro atoms. The first-order chi connectivity index (χ1) is 15.3. The Bertz CT molecular complexity index is 877. The largest absolute Gasteiger partial charge is 0.396 e. The van der Waals surface area contributed by atoms with Crippen LogP contribution < -0.4 is 4.90 Å². The quantitative estimate of drug-likeness (QED) is 0.730. The van der Waals surface area contributed by atoms with Gasteiger partial charge in [0.15, 0.2) is 0 Å². The molecule has 2 fully saturated rings. The predicted molar refractivity (Wildman–Crippen MR) is 124 cm³/mol. The minimum atomic E-state index is 0.325. The van der Waals surface area contributed by atoms with Crippen LogP contribution in [0.15, 0.2) is 42.6 Å². The van der Waals surface area contributed by atoms with Crippen LogP contribution in [-0.2, 0) is 11.2 Å². The summed E-state index contributed by atoms with van der Waals surface area (Å²) in [6, 6.07) is 12.8. The smallest absolute Gasteiger partial charge is 0.129 e. The number of nitrogens with zero attached hydrogens (tertiary/aromatic N) is 3. The maximum atomic E-state index is 9.30. The van der Waals surface area contributed by atoms with Crippen molar-refractivity contribution in [3.05, 3.63) is 59.3 Å². The van der Waals surface area contributed by atoms with E-state index in [1.54, 1.807) is 0 Å². The number of piperidine rings is 1. The molecule has 0 atom stereocenters. The minimum Gasteiger partial charge on any atom is -0.396 e. The molecule has 0 saturated carbocycles. The van der Waals surface area contributed by atoms with Crippen LogP contribution in [0.25, 0.3) is 0 Å². The Morgan fingerprint density at radius 1 is 1.06 bits per heavy atom. The second kappa shape index (κ2) is 11.3. The molecule has 1 N–H and O–H groups in total. The highest BCUT2D eigenvalue weighted by Crippen LogP contribution is 2.21. The van der Waals surface area contributed by atoms with Crippen LogP contribution in [0.3, 0.4) is 0 Å². The number of anilines is 1. The van der Waals surface area contributed by atoms with E-state index in [9.17, 15) is 5.11 Å². The van der Waals surface area contributed by atoms with Crippen LogP contribution in [0.1, 0.15) is 36.0 Å². The van der Waals surface area contributed by atoms with Crippen molar-refractivity contribution in [3.8, 4) is 11.8 Å². The van der Waals surface area contributed by atoms with Gasteiger partial charge in [0.2, 0.25) is 0 Å². The minimum absolute atomic E-state index is 0.325. The van der Waals surface area contributed by atoms with Crippen LogP contribution in [0.5, 0.6) is 0 Å². The number of pyridine rings is 1. The standard InChI is InChI=1S/C26H33N3O2/c30-21-23-9-12-28(13-10-23)11-5-4-8-24-20-27-26(29-14-16-31-17-15-29)19-25(24)18-22-6-2-1-3-7-22/h1-3,6-7,19-20,23,30H,5,9-18,21H2. The highest BCUT2D eigenvalue weighted by Gasteiger charge is 2.17. The molecule has 2 aliphatic rings. The molecule has 0 aliphatic carbocycles. The molecular weight excluding hydrogens is 386 g/mol. The molecule has 164 valence electrons. The average Bonchev–Trinajstić information content (AvgIpc) is 2.84. The average molecular weight is 420 g/mol. The lowest BCUT2D eigenvalue weighted by atomic mass is 9.98. The van der Waals surface area contributed by atoms with E-state index >= 15 is 0 Å². The van der Waals surface area contributed by atoms with Crippen molar-refractivity contribution in [2.24, 2.45) is 5.92 Å². The summed E-state index contributed by atoms with van der Waals surface area (Å²) >= 11 is 0. The second-order valence-corrected chi connectivity index (χ2v) is 8.48. The summed E-state index contributed by atoms with van der Waals surface area (Å²) in [5.74, 6) is 8.29. The number of morpholine rings is 1. The molecule has 5 nitrogen and oxygen atoms in total. The molecule has 2 saturated heterocycles.